The summed E-state index contributed by atoms with van der Waals surface area (Å²) in [7, 11) is 1.27. The quantitative estimate of drug-likeness (QED) is 0.495. The minimum Gasteiger partial charge on any atom is -0.465 e. The van der Waals surface area contributed by atoms with Gasteiger partial charge in [-0.15, -0.1) is 0 Å². The molecule has 1 aliphatic heterocycles. The molecule has 0 fully saturated rings. The highest BCUT2D eigenvalue weighted by atomic mass is 16.6. The number of carbonyl (C=O) groups excluding carboxylic acids is 2. The van der Waals surface area contributed by atoms with Crippen LogP contribution in [0.4, 0.5) is 11.4 Å². The first kappa shape index (κ1) is 19.5. The zero-order chi connectivity index (χ0) is 20.1. The molecule has 1 aliphatic rings. The maximum Gasteiger partial charge on any atom is 0.338 e. The summed E-state index contributed by atoms with van der Waals surface area (Å²) in [5.41, 5.74) is 2.10. The smallest absolute Gasteiger partial charge is 0.338 e. The van der Waals surface area contributed by atoms with Gasteiger partial charge in [0.05, 0.1) is 22.5 Å². The molecule has 10 nitrogen and oxygen atoms in total. The normalized spacial score (nSPS) is 11.6. The highest BCUT2D eigenvalue weighted by Gasteiger charge is 2.21. The second-order valence-corrected chi connectivity index (χ2v) is 5.53. The molecule has 27 heavy (non-hydrogen) atoms. The van der Waals surface area contributed by atoms with Gasteiger partial charge in [-0.25, -0.2) is 4.79 Å². The van der Waals surface area contributed by atoms with Crippen LogP contribution in [-0.4, -0.2) is 28.8 Å². The number of methoxy groups -OCH3 is 1. The number of fused-ring (bicyclic) bond motifs is 1. The Morgan fingerprint density at radius 1 is 1.07 bits per heavy atom. The molecule has 0 bridgehead atoms. The van der Waals surface area contributed by atoms with Gasteiger partial charge >= 0.3 is 5.97 Å². The van der Waals surface area contributed by atoms with Crippen LogP contribution in [0.2, 0.25) is 0 Å². The van der Waals surface area contributed by atoms with Crippen molar-refractivity contribution >= 4 is 23.3 Å². The van der Waals surface area contributed by atoms with Crippen LogP contribution in [0.15, 0.2) is 36.4 Å². The molecular weight excluding hydrogens is 358 g/mol. The molecule has 140 valence electrons. The van der Waals surface area contributed by atoms with Crippen molar-refractivity contribution in [2.24, 2.45) is 0 Å². The van der Waals surface area contributed by atoms with Gasteiger partial charge < -0.3 is 10.1 Å². The lowest BCUT2D eigenvalue weighted by molar-refractivity contribution is -0.385. The molecule has 1 N–H and O–H groups in total. The van der Waals surface area contributed by atoms with Crippen molar-refractivity contribution in [1.82, 2.24) is 5.32 Å². The monoisotopic (exact) mass is 373 g/mol. The number of nitro groups is 2. The minimum atomic E-state index is -0.506. The first-order valence-corrected chi connectivity index (χ1v) is 7.63. The van der Waals surface area contributed by atoms with E-state index in [1.165, 1.54) is 43.5 Å². The van der Waals surface area contributed by atoms with E-state index in [4.69, 9.17) is 0 Å². The van der Waals surface area contributed by atoms with E-state index in [1.807, 2.05) is 0 Å². The van der Waals surface area contributed by atoms with Crippen molar-refractivity contribution in [3.8, 4) is 0 Å². The van der Waals surface area contributed by atoms with Crippen molar-refractivity contribution < 1.29 is 24.2 Å². The molecule has 10 heteroatoms. The lowest BCUT2D eigenvalue weighted by Gasteiger charge is -2.02. The largest absolute Gasteiger partial charge is 0.465 e. The van der Waals surface area contributed by atoms with E-state index in [-0.39, 0.29) is 17.3 Å². The average Bonchev–Trinajstić information content (AvgIpc) is 3.02. The number of carbonyl (C=O) groups is 2. The van der Waals surface area contributed by atoms with Crippen molar-refractivity contribution in [3.05, 3.63) is 78.9 Å². The Labute approximate surface area is 153 Å². The van der Waals surface area contributed by atoms with Crippen molar-refractivity contribution in [1.29, 1.82) is 0 Å². The third-order valence-electron chi connectivity index (χ3n) is 3.81. The molecule has 0 saturated heterocycles. The number of hydrogen-bond donors (Lipinski definition) is 1. The highest BCUT2D eigenvalue weighted by Crippen LogP contribution is 2.21. The molecule has 0 atom stereocenters. The number of amides is 1. The van der Waals surface area contributed by atoms with Crippen LogP contribution >= 0.6 is 0 Å². The number of non-ortho nitro benzene ring substituents is 2. The minimum absolute atomic E-state index is 0.0234. The van der Waals surface area contributed by atoms with Gasteiger partial charge in [0.2, 0.25) is 0 Å². The molecule has 1 amide bonds. The Bertz CT molecular complexity index is 940. The van der Waals surface area contributed by atoms with E-state index >= 15 is 0 Å². The summed E-state index contributed by atoms with van der Waals surface area (Å²) < 4.78 is 4.51. The van der Waals surface area contributed by atoms with Gasteiger partial charge in [-0.2, -0.15) is 0 Å². The van der Waals surface area contributed by atoms with Gasteiger partial charge in [0.1, 0.15) is 0 Å². The number of rotatable bonds is 3. The number of benzene rings is 2. The summed E-state index contributed by atoms with van der Waals surface area (Å²) in [5.74, 6) is -0.651. The number of nitrogens with one attached hydrogen (secondary N) is 1. The van der Waals surface area contributed by atoms with Crippen molar-refractivity contribution in [2.75, 3.05) is 7.11 Å². The van der Waals surface area contributed by atoms with E-state index in [1.54, 1.807) is 6.92 Å². The molecule has 0 radical (unpaired) electrons. The van der Waals surface area contributed by atoms with Gasteiger partial charge in [0, 0.05) is 36.4 Å². The van der Waals surface area contributed by atoms with Crippen LogP contribution in [0, 0.1) is 27.2 Å². The van der Waals surface area contributed by atoms with Crippen molar-refractivity contribution in [3.63, 3.8) is 0 Å². The first-order chi connectivity index (χ1) is 12.7. The van der Waals surface area contributed by atoms with E-state index in [9.17, 15) is 29.8 Å². The van der Waals surface area contributed by atoms with Crippen LogP contribution in [0.3, 0.4) is 0 Å². The Hall–Kier alpha value is -3.82. The summed E-state index contributed by atoms with van der Waals surface area (Å²) >= 11 is 0. The predicted octanol–water partition coefficient (Wildman–Crippen LogP) is 2.53. The van der Waals surface area contributed by atoms with Gasteiger partial charge in [0.15, 0.2) is 0 Å². The Kier molecular flexibility index (Phi) is 5.81. The molecule has 3 rings (SSSR count). The summed E-state index contributed by atoms with van der Waals surface area (Å²) in [6.45, 7) is 2.01. The average molecular weight is 373 g/mol. The van der Waals surface area contributed by atoms with Gasteiger partial charge in [0.25, 0.3) is 17.3 Å². The third kappa shape index (κ3) is 4.42. The lowest BCUT2D eigenvalue weighted by Crippen LogP contribution is -2.12. The van der Waals surface area contributed by atoms with Crippen molar-refractivity contribution in [2.45, 2.75) is 13.5 Å². The fourth-order valence-corrected chi connectivity index (χ4v) is 2.43. The van der Waals surface area contributed by atoms with E-state index in [2.05, 4.69) is 10.1 Å². The van der Waals surface area contributed by atoms with Gasteiger partial charge in [-0.05, 0) is 30.2 Å². The lowest BCUT2D eigenvalue weighted by atomic mass is 10.1. The van der Waals surface area contributed by atoms with E-state index in [0.717, 1.165) is 0 Å². The topological polar surface area (TPSA) is 142 Å². The van der Waals surface area contributed by atoms with Gasteiger partial charge in [-0.3, -0.25) is 25.0 Å². The SMILES string of the molecule is COC(=O)c1ccc([N+](=O)[O-])cc1C.O=C1NCc2cc([N+](=O)[O-])ccc21. The van der Waals surface area contributed by atoms with Crippen LogP contribution in [0.5, 0.6) is 0 Å². The molecule has 2 aromatic carbocycles. The van der Waals surface area contributed by atoms with Crippen LogP contribution in [0.25, 0.3) is 0 Å². The number of ether oxygens (including phenoxy) is 1. The molecule has 2 aromatic rings. The Morgan fingerprint density at radius 2 is 1.67 bits per heavy atom. The molecule has 0 saturated carbocycles. The standard InChI is InChI=1S/C9H9NO4.C8H6N2O3/c1-6-5-7(10(12)13)3-4-8(6)9(11)14-2;11-8-7-2-1-6(10(12)13)3-5(7)4-9-8/h3-5H,1-2H3;1-3H,4H2,(H,9,11). The van der Waals surface area contributed by atoms with Gasteiger partial charge in [-0.1, -0.05) is 0 Å². The van der Waals surface area contributed by atoms with Crippen LogP contribution in [0.1, 0.15) is 31.8 Å². The molecule has 0 spiro atoms. The highest BCUT2D eigenvalue weighted by molar-refractivity contribution is 5.98. The number of esters is 1. The number of nitrogens with zero attached hydrogens (tertiary/aromatic N) is 2. The number of nitro benzene ring substituents is 2. The molecule has 0 aliphatic carbocycles. The fraction of sp³-hybridized carbons (Fsp3) is 0.176. The molecule has 1 heterocycles. The zero-order valence-electron chi connectivity index (χ0n) is 14.4. The summed E-state index contributed by atoms with van der Waals surface area (Å²) in [6, 6.07) is 8.25. The van der Waals surface area contributed by atoms with E-state index < -0.39 is 15.8 Å². The molecule has 0 unspecified atom stereocenters. The maximum absolute atomic E-state index is 11.1. The zero-order valence-corrected chi connectivity index (χ0v) is 14.4. The fourth-order valence-electron chi connectivity index (χ4n) is 2.43. The predicted molar refractivity (Wildman–Crippen MR) is 93.4 cm³/mol. The van der Waals surface area contributed by atoms with Crippen LogP contribution in [-0.2, 0) is 11.3 Å². The van der Waals surface area contributed by atoms with Crippen LogP contribution < -0.4 is 5.32 Å². The summed E-state index contributed by atoms with van der Waals surface area (Å²) in [4.78, 5) is 42.0. The Balaban J connectivity index is 0.000000194. The maximum atomic E-state index is 11.1. The molecular formula is C17H15N3O7. The summed E-state index contributed by atoms with van der Waals surface area (Å²) in [6.07, 6.45) is 0. The summed E-state index contributed by atoms with van der Waals surface area (Å²) in [5, 5.41) is 23.4. The third-order valence-corrected chi connectivity index (χ3v) is 3.81. The second kappa shape index (κ2) is 8.04. The Morgan fingerprint density at radius 3 is 2.22 bits per heavy atom. The number of aryl methyl sites for hydroxylation is 1. The van der Waals surface area contributed by atoms with E-state index in [0.29, 0.717) is 28.8 Å². The first-order valence-electron chi connectivity index (χ1n) is 7.63. The second-order valence-electron chi connectivity index (χ2n) is 5.53. The molecule has 0 aromatic heterocycles. The number of hydrogen-bond acceptors (Lipinski definition) is 7.